The maximum absolute atomic E-state index is 12.6. The van der Waals surface area contributed by atoms with Crippen molar-refractivity contribution in [2.45, 2.75) is 39.2 Å². The molecule has 6 nitrogen and oxygen atoms in total. The highest BCUT2D eigenvalue weighted by Gasteiger charge is 2.23. The van der Waals surface area contributed by atoms with Gasteiger partial charge in [-0.25, -0.2) is 9.97 Å². The summed E-state index contributed by atoms with van der Waals surface area (Å²) in [5.74, 6) is 0.905. The summed E-state index contributed by atoms with van der Waals surface area (Å²) < 4.78 is 5.09. The van der Waals surface area contributed by atoms with Gasteiger partial charge in [-0.1, -0.05) is 0 Å². The third kappa shape index (κ3) is 3.37. The zero-order chi connectivity index (χ0) is 17.1. The second-order valence-electron chi connectivity index (χ2n) is 6.31. The molecule has 1 amide bonds. The van der Waals surface area contributed by atoms with E-state index in [4.69, 9.17) is 4.74 Å². The topological polar surface area (TPSA) is 67.3 Å². The summed E-state index contributed by atoms with van der Waals surface area (Å²) in [6, 6.07) is -0.0280. The second-order valence-corrected chi connectivity index (χ2v) is 7.31. The van der Waals surface area contributed by atoms with Crippen molar-refractivity contribution in [3.05, 3.63) is 16.8 Å². The van der Waals surface area contributed by atoms with Crippen LogP contribution in [0.5, 0.6) is 0 Å². The molecule has 1 atom stereocenters. The number of ether oxygens (including phenoxy) is 1. The Labute approximate surface area is 146 Å². The molecule has 1 unspecified atom stereocenters. The molecule has 0 aliphatic carbocycles. The maximum atomic E-state index is 12.6. The van der Waals surface area contributed by atoms with Crippen LogP contribution in [0.3, 0.4) is 0 Å². The lowest BCUT2D eigenvalue weighted by Gasteiger charge is -2.28. The van der Waals surface area contributed by atoms with Crippen LogP contribution in [-0.4, -0.2) is 48.7 Å². The van der Waals surface area contributed by atoms with Crippen LogP contribution in [0, 0.1) is 6.92 Å². The number of aryl methyl sites for hydroxylation is 1. The van der Waals surface area contributed by atoms with E-state index in [1.807, 2.05) is 13.8 Å². The van der Waals surface area contributed by atoms with E-state index in [-0.39, 0.29) is 11.9 Å². The Hall–Kier alpha value is -1.73. The molecule has 3 heterocycles. The lowest BCUT2D eigenvalue weighted by Crippen LogP contribution is -2.35. The number of methoxy groups -OCH3 is 1. The number of aromatic nitrogens is 2. The number of thiophene rings is 1. The van der Waals surface area contributed by atoms with Crippen molar-refractivity contribution in [2.24, 2.45) is 0 Å². The summed E-state index contributed by atoms with van der Waals surface area (Å²) in [5.41, 5.74) is 0.971. The molecule has 2 aromatic heterocycles. The number of hydrogen-bond donors (Lipinski definition) is 1. The number of piperidine rings is 1. The SMILES string of the molecule is COCC(C)NC(=O)c1sc2ncnc(N3CCCCC3)c2c1C. The molecule has 0 radical (unpaired) electrons. The fraction of sp³-hybridized carbons (Fsp3) is 0.588. The zero-order valence-corrected chi connectivity index (χ0v) is 15.3. The average Bonchev–Trinajstić information content (AvgIpc) is 2.93. The van der Waals surface area contributed by atoms with E-state index >= 15 is 0 Å². The van der Waals surface area contributed by atoms with Gasteiger partial charge in [0.15, 0.2) is 0 Å². The molecule has 3 rings (SSSR count). The lowest BCUT2D eigenvalue weighted by atomic mass is 10.1. The van der Waals surface area contributed by atoms with E-state index in [2.05, 4.69) is 20.2 Å². The smallest absolute Gasteiger partial charge is 0.262 e. The van der Waals surface area contributed by atoms with Crippen LogP contribution in [0.1, 0.15) is 41.4 Å². The number of fused-ring (bicyclic) bond motifs is 1. The Morgan fingerprint density at radius 2 is 2.12 bits per heavy atom. The first kappa shape index (κ1) is 17.1. The summed E-state index contributed by atoms with van der Waals surface area (Å²) in [7, 11) is 1.63. The van der Waals surface area contributed by atoms with Crippen molar-refractivity contribution in [3.8, 4) is 0 Å². The molecule has 7 heteroatoms. The minimum Gasteiger partial charge on any atom is -0.383 e. The van der Waals surface area contributed by atoms with Crippen LogP contribution in [0.25, 0.3) is 10.2 Å². The third-order valence-electron chi connectivity index (χ3n) is 4.36. The molecular formula is C17H24N4O2S. The van der Waals surface area contributed by atoms with Gasteiger partial charge in [-0.2, -0.15) is 0 Å². The summed E-state index contributed by atoms with van der Waals surface area (Å²) in [6.07, 6.45) is 5.27. The van der Waals surface area contributed by atoms with Crippen LogP contribution in [-0.2, 0) is 4.74 Å². The van der Waals surface area contributed by atoms with Gasteiger partial charge in [0, 0.05) is 26.2 Å². The van der Waals surface area contributed by atoms with Gasteiger partial charge in [-0.3, -0.25) is 4.79 Å². The van der Waals surface area contributed by atoms with Gasteiger partial charge >= 0.3 is 0 Å². The Morgan fingerprint density at radius 1 is 1.38 bits per heavy atom. The van der Waals surface area contributed by atoms with Crippen LogP contribution in [0.4, 0.5) is 5.82 Å². The van der Waals surface area contributed by atoms with Crippen molar-refractivity contribution < 1.29 is 9.53 Å². The second kappa shape index (κ2) is 7.44. The Balaban J connectivity index is 1.94. The predicted octanol–water partition coefficient (Wildman–Crippen LogP) is 2.75. The highest BCUT2D eigenvalue weighted by molar-refractivity contribution is 7.20. The molecule has 0 saturated carbocycles. The highest BCUT2D eigenvalue weighted by Crippen LogP contribution is 2.35. The minimum absolute atomic E-state index is 0.0280. The highest BCUT2D eigenvalue weighted by atomic mass is 32.1. The normalized spacial score (nSPS) is 16.4. The number of hydrogen-bond acceptors (Lipinski definition) is 6. The molecule has 2 aromatic rings. The third-order valence-corrected chi connectivity index (χ3v) is 5.56. The van der Waals surface area contributed by atoms with Crippen LogP contribution >= 0.6 is 11.3 Å². The Morgan fingerprint density at radius 3 is 2.83 bits per heavy atom. The minimum atomic E-state index is -0.0651. The summed E-state index contributed by atoms with van der Waals surface area (Å²) in [4.78, 5) is 25.4. The first-order valence-corrected chi connectivity index (χ1v) is 9.22. The molecule has 130 valence electrons. The van der Waals surface area contributed by atoms with Gasteiger partial charge < -0.3 is 15.0 Å². The van der Waals surface area contributed by atoms with E-state index in [9.17, 15) is 4.79 Å². The Bertz CT molecular complexity index is 725. The molecule has 1 N–H and O–H groups in total. The molecular weight excluding hydrogens is 324 g/mol. The fourth-order valence-electron chi connectivity index (χ4n) is 3.20. The van der Waals surface area contributed by atoms with E-state index in [0.29, 0.717) is 11.5 Å². The Kier molecular flexibility index (Phi) is 5.30. The van der Waals surface area contributed by atoms with E-state index in [1.165, 1.54) is 30.6 Å². The van der Waals surface area contributed by atoms with Crippen LogP contribution < -0.4 is 10.2 Å². The van der Waals surface area contributed by atoms with Gasteiger partial charge in [0.25, 0.3) is 5.91 Å². The van der Waals surface area contributed by atoms with Gasteiger partial charge in [-0.05, 0) is 38.7 Å². The van der Waals surface area contributed by atoms with Crippen molar-refractivity contribution in [1.82, 2.24) is 15.3 Å². The first-order chi connectivity index (χ1) is 11.6. The monoisotopic (exact) mass is 348 g/mol. The molecule has 0 aromatic carbocycles. The maximum Gasteiger partial charge on any atom is 0.262 e. The standard InChI is InChI=1S/C17H24N4O2S/c1-11(9-23-3)20-16(22)14-12(2)13-15(18-10-19-17(13)24-14)21-7-5-4-6-8-21/h10-11H,4-9H2,1-3H3,(H,20,22). The van der Waals surface area contributed by atoms with Gasteiger partial charge in [-0.15, -0.1) is 11.3 Å². The van der Waals surface area contributed by atoms with E-state index < -0.39 is 0 Å². The zero-order valence-electron chi connectivity index (χ0n) is 14.5. The van der Waals surface area contributed by atoms with Gasteiger partial charge in [0.1, 0.15) is 17.0 Å². The first-order valence-electron chi connectivity index (χ1n) is 8.40. The number of carbonyl (C=O) groups excluding carboxylic acids is 1. The fourth-order valence-corrected chi connectivity index (χ4v) is 4.24. The van der Waals surface area contributed by atoms with Gasteiger partial charge in [0.2, 0.25) is 0 Å². The number of amides is 1. The number of carbonyl (C=O) groups is 1. The number of nitrogens with zero attached hydrogens (tertiary/aromatic N) is 3. The van der Waals surface area contributed by atoms with E-state index in [1.54, 1.807) is 13.4 Å². The summed E-state index contributed by atoms with van der Waals surface area (Å²) >= 11 is 1.44. The molecule has 1 aliphatic heterocycles. The van der Waals surface area contributed by atoms with Crippen LogP contribution in [0.2, 0.25) is 0 Å². The molecule has 1 fully saturated rings. The van der Waals surface area contributed by atoms with Gasteiger partial charge in [0.05, 0.1) is 16.9 Å². The van der Waals surface area contributed by atoms with E-state index in [0.717, 1.165) is 34.7 Å². The predicted molar refractivity (Wildman–Crippen MR) is 97.0 cm³/mol. The number of anilines is 1. The van der Waals surface area contributed by atoms with Crippen LogP contribution in [0.15, 0.2) is 6.33 Å². The number of rotatable bonds is 5. The largest absolute Gasteiger partial charge is 0.383 e. The van der Waals surface area contributed by atoms with Crippen molar-refractivity contribution in [2.75, 3.05) is 31.7 Å². The van der Waals surface area contributed by atoms with Crippen molar-refractivity contribution in [1.29, 1.82) is 0 Å². The molecule has 1 aliphatic rings. The quantitative estimate of drug-likeness (QED) is 0.900. The molecule has 1 saturated heterocycles. The average molecular weight is 348 g/mol. The number of nitrogens with one attached hydrogen (secondary N) is 1. The van der Waals surface area contributed by atoms with Crippen molar-refractivity contribution >= 4 is 33.3 Å². The lowest BCUT2D eigenvalue weighted by molar-refractivity contribution is 0.0909. The molecule has 24 heavy (non-hydrogen) atoms. The summed E-state index contributed by atoms with van der Waals surface area (Å²) in [6.45, 7) is 6.46. The van der Waals surface area contributed by atoms with Crippen molar-refractivity contribution in [3.63, 3.8) is 0 Å². The summed E-state index contributed by atoms with van der Waals surface area (Å²) in [5, 5.41) is 4.00. The molecule has 0 bridgehead atoms. The molecule has 0 spiro atoms.